The largest absolute Gasteiger partial charge is 0.416 e. The van der Waals surface area contributed by atoms with Crippen molar-refractivity contribution in [1.29, 1.82) is 0 Å². The highest BCUT2D eigenvalue weighted by Crippen LogP contribution is 2.33. The van der Waals surface area contributed by atoms with Crippen molar-refractivity contribution in [2.75, 3.05) is 0 Å². The van der Waals surface area contributed by atoms with E-state index < -0.39 is 11.7 Å². The van der Waals surface area contributed by atoms with Crippen LogP contribution in [0.3, 0.4) is 0 Å². The van der Waals surface area contributed by atoms with Crippen LogP contribution in [0.25, 0.3) is 10.9 Å². The number of para-hydroxylation sites is 1. The molecule has 0 fully saturated rings. The minimum absolute atomic E-state index is 0.235. The second-order valence-corrected chi connectivity index (χ2v) is 4.82. The zero-order valence-corrected chi connectivity index (χ0v) is 11.1. The zero-order valence-electron chi connectivity index (χ0n) is 11.1. The summed E-state index contributed by atoms with van der Waals surface area (Å²) in [6, 6.07) is 14.9. The van der Waals surface area contributed by atoms with E-state index in [1.165, 1.54) is 12.1 Å². The van der Waals surface area contributed by atoms with Crippen molar-refractivity contribution >= 4 is 10.9 Å². The number of alkyl halides is 3. The highest BCUT2D eigenvalue weighted by molar-refractivity contribution is 5.82. The molecule has 3 rings (SSSR count). The normalized spacial score (nSPS) is 11.8. The predicted molar refractivity (Wildman–Crippen MR) is 76.0 cm³/mol. The van der Waals surface area contributed by atoms with Gasteiger partial charge in [0.25, 0.3) is 0 Å². The van der Waals surface area contributed by atoms with Gasteiger partial charge in [-0.2, -0.15) is 13.2 Å². The number of hydrogen-bond acceptors (Lipinski definition) is 1. The van der Waals surface area contributed by atoms with E-state index in [9.17, 15) is 13.2 Å². The van der Waals surface area contributed by atoms with Gasteiger partial charge in [-0.1, -0.05) is 36.4 Å². The number of hydrogen-bond donors (Lipinski definition) is 0. The second-order valence-electron chi connectivity index (χ2n) is 4.82. The molecule has 0 spiro atoms. The van der Waals surface area contributed by atoms with Gasteiger partial charge >= 0.3 is 6.18 Å². The number of rotatable bonds is 2. The number of fused-ring (bicyclic) bond motifs is 1. The molecule has 1 nitrogen and oxygen atoms in total. The molecule has 2 aromatic carbocycles. The first kappa shape index (κ1) is 13.6. The molecule has 0 unspecified atom stereocenters. The molecule has 0 bridgehead atoms. The van der Waals surface area contributed by atoms with Crippen LogP contribution in [0.4, 0.5) is 13.2 Å². The Balaban J connectivity index is 2.08. The summed E-state index contributed by atoms with van der Waals surface area (Å²) < 4.78 is 39.2. The Bertz CT molecular complexity index is 773. The van der Waals surface area contributed by atoms with Gasteiger partial charge < -0.3 is 0 Å². The lowest BCUT2D eigenvalue weighted by Crippen LogP contribution is -2.09. The van der Waals surface area contributed by atoms with Gasteiger partial charge in [0.05, 0.1) is 11.1 Å². The Hall–Kier alpha value is -2.36. The number of benzene rings is 2. The maximum Gasteiger partial charge on any atom is 0.416 e. The third-order valence-electron chi connectivity index (χ3n) is 3.44. The molecule has 0 aliphatic carbocycles. The molecule has 0 N–H and O–H groups in total. The summed E-state index contributed by atoms with van der Waals surface area (Å²) in [7, 11) is 0. The Labute approximate surface area is 120 Å². The van der Waals surface area contributed by atoms with Gasteiger partial charge in [0.1, 0.15) is 0 Å². The molecule has 106 valence electrons. The van der Waals surface area contributed by atoms with Crippen LogP contribution in [-0.2, 0) is 12.6 Å². The Morgan fingerprint density at radius 3 is 2.33 bits per heavy atom. The summed E-state index contributed by atoms with van der Waals surface area (Å²) in [6.45, 7) is 0. The molecule has 0 aliphatic heterocycles. The molecule has 0 saturated heterocycles. The highest BCUT2D eigenvalue weighted by atomic mass is 19.4. The van der Waals surface area contributed by atoms with Crippen molar-refractivity contribution in [2.45, 2.75) is 12.6 Å². The van der Waals surface area contributed by atoms with E-state index >= 15 is 0 Å². The fourth-order valence-corrected chi connectivity index (χ4v) is 2.47. The lowest BCUT2D eigenvalue weighted by molar-refractivity contribution is -0.138. The fourth-order valence-electron chi connectivity index (χ4n) is 2.47. The van der Waals surface area contributed by atoms with Gasteiger partial charge in [0.15, 0.2) is 0 Å². The van der Waals surface area contributed by atoms with Gasteiger partial charge in [-0.25, -0.2) is 0 Å². The smallest absolute Gasteiger partial charge is 0.256 e. The quantitative estimate of drug-likeness (QED) is 0.657. The summed E-state index contributed by atoms with van der Waals surface area (Å²) in [5, 5.41) is 0.886. The lowest BCUT2D eigenvalue weighted by atomic mass is 9.97. The van der Waals surface area contributed by atoms with E-state index in [1.807, 2.05) is 24.3 Å². The van der Waals surface area contributed by atoms with Crippen LogP contribution in [-0.4, -0.2) is 4.98 Å². The molecule has 1 aromatic heterocycles. The molecule has 0 atom stereocenters. The first-order valence-corrected chi connectivity index (χ1v) is 6.53. The minimum Gasteiger partial charge on any atom is -0.256 e. The highest BCUT2D eigenvalue weighted by Gasteiger charge is 2.32. The summed E-state index contributed by atoms with van der Waals surface area (Å²) in [6.07, 6.45) is -2.47. The average molecular weight is 287 g/mol. The molecule has 0 radical (unpaired) electrons. The maximum absolute atomic E-state index is 13.1. The number of nitrogens with zero attached hydrogens (tertiary/aromatic N) is 1. The van der Waals surface area contributed by atoms with E-state index in [4.69, 9.17) is 0 Å². The topological polar surface area (TPSA) is 12.9 Å². The van der Waals surface area contributed by atoms with Crippen LogP contribution in [0.15, 0.2) is 60.8 Å². The molecule has 1 heterocycles. The maximum atomic E-state index is 13.1. The predicted octanol–water partition coefficient (Wildman–Crippen LogP) is 4.84. The van der Waals surface area contributed by atoms with E-state index in [0.717, 1.165) is 22.5 Å². The van der Waals surface area contributed by atoms with Crippen molar-refractivity contribution in [3.63, 3.8) is 0 Å². The second kappa shape index (κ2) is 5.20. The van der Waals surface area contributed by atoms with E-state index in [0.29, 0.717) is 0 Å². The average Bonchev–Trinajstić information content (AvgIpc) is 2.47. The number of pyridine rings is 1. The number of aromatic nitrogens is 1. The third kappa shape index (κ3) is 2.75. The third-order valence-corrected chi connectivity index (χ3v) is 3.44. The van der Waals surface area contributed by atoms with E-state index in [-0.39, 0.29) is 12.0 Å². The van der Waals surface area contributed by atoms with Crippen molar-refractivity contribution in [3.8, 4) is 0 Å². The molecule has 4 heteroatoms. The van der Waals surface area contributed by atoms with Crippen LogP contribution in [0.5, 0.6) is 0 Å². The standard InChI is InChI=1S/C17H12F3N/c18-17(19,20)15-7-3-1-5-13(15)11-12-9-10-21-16-8-4-2-6-14(12)16/h1-10H,11H2. The fraction of sp³-hybridized carbons (Fsp3) is 0.118. The minimum atomic E-state index is -4.33. The van der Waals surface area contributed by atoms with Gasteiger partial charge in [0, 0.05) is 11.6 Å². The van der Waals surface area contributed by atoms with Crippen molar-refractivity contribution < 1.29 is 13.2 Å². The summed E-state index contributed by atoms with van der Waals surface area (Å²) in [4.78, 5) is 4.23. The van der Waals surface area contributed by atoms with Crippen molar-refractivity contribution in [1.82, 2.24) is 4.98 Å². The van der Waals surface area contributed by atoms with Gasteiger partial charge in [-0.05, 0) is 35.7 Å². The van der Waals surface area contributed by atoms with Crippen LogP contribution in [0.1, 0.15) is 16.7 Å². The lowest BCUT2D eigenvalue weighted by Gasteiger charge is -2.13. The molecular weight excluding hydrogens is 275 g/mol. The zero-order chi connectivity index (χ0) is 14.9. The SMILES string of the molecule is FC(F)(F)c1ccccc1Cc1ccnc2ccccc12. The summed E-state index contributed by atoms with van der Waals surface area (Å²) in [5.74, 6) is 0. The molecule has 3 aromatic rings. The Morgan fingerprint density at radius 2 is 1.52 bits per heavy atom. The molecule has 0 amide bonds. The van der Waals surface area contributed by atoms with Crippen molar-refractivity contribution in [3.05, 3.63) is 77.5 Å². The van der Waals surface area contributed by atoms with Crippen molar-refractivity contribution in [2.24, 2.45) is 0 Å². The van der Waals surface area contributed by atoms with Gasteiger partial charge in [0.2, 0.25) is 0 Å². The monoisotopic (exact) mass is 287 g/mol. The molecular formula is C17H12F3N. The summed E-state index contributed by atoms with van der Waals surface area (Å²) in [5.41, 5.74) is 1.34. The van der Waals surface area contributed by atoms with Crippen LogP contribution in [0, 0.1) is 0 Å². The Morgan fingerprint density at radius 1 is 0.810 bits per heavy atom. The van der Waals surface area contributed by atoms with Gasteiger partial charge in [-0.15, -0.1) is 0 Å². The molecule has 21 heavy (non-hydrogen) atoms. The van der Waals surface area contributed by atoms with E-state index in [2.05, 4.69) is 4.98 Å². The summed E-state index contributed by atoms with van der Waals surface area (Å²) >= 11 is 0. The van der Waals surface area contributed by atoms with Crippen LogP contribution in [0.2, 0.25) is 0 Å². The molecule has 0 aliphatic rings. The van der Waals surface area contributed by atoms with E-state index in [1.54, 1.807) is 18.3 Å². The van der Waals surface area contributed by atoms with Gasteiger partial charge in [-0.3, -0.25) is 4.98 Å². The van der Waals surface area contributed by atoms with Crippen LogP contribution < -0.4 is 0 Å². The van der Waals surface area contributed by atoms with Crippen LogP contribution >= 0.6 is 0 Å². The number of halogens is 3. The molecule has 0 saturated carbocycles. The first-order valence-electron chi connectivity index (χ1n) is 6.53. The Kier molecular flexibility index (Phi) is 3.37. The first-order chi connectivity index (χ1) is 10.1.